The van der Waals surface area contributed by atoms with Gasteiger partial charge in [-0.2, -0.15) is 0 Å². The van der Waals surface area contributed by atoms with Crippen LogP contribution in [0.25, 0.3) is 0 Å². The first kappa shape index (κ1) is 20.1. The van der Waals surface area contributed by atoms with E-state index in [-0.39, 0.29) is 5.78 Å². The van der Waals surface area contributed by atoms with Gasteiger partial charge in [0, 0.05) is 30.8 Å². The van der Waals surface area contributed by atoms with Crippen LogP contribution in [0.15, 0.2) is 48.5 Å². The summed E-state index contributed by atoms with van der Waals surface area (Å²) in [5.41, 5.74) is 9.66. The van der Waals surface area contributed by atoms with Crippen molar-refractivity contribution in [2.24, 2.45) is 5.73 Å². The van der Waals surface area contributed by atoms with Crippen molar-refractivity contribution in [3.63, 3.8) is 0 Å². The monoisotopic (exact) mass is 354 g/mol. The van der Waals surface area contributed by atoms with Crippen LogP contribution in [0.1, 0.15) is 47.2 Å². The van der Waals surface area contributed by atoms with Crippen LogP contribution in [-0.4, -0.2) is 25.5 Å². The van der Waals surface area contributed by atoms with Crippen molar-refractivity contribution < 1.29 is 9.53 Å². The molecule has 0 bridgehead atoms. The summed E-state index contributed by atoms with van der Waals surface area (Å²) < 4.78 is 5.72. The van der Waals surface area contributed by atoms with Crippen molar-refractivity contribution in [1.82, 2.24) is 0 Å². The number of hydrogen-bond acceptors (Lipinski definition) is 4. The number of carbonyl (C=O) groups is 1. The number of Topliss-reactive ketones (excluding diaryl/α,β-unsaturated/α-hetero) is 1. The van der Waals surface area contributed by atoms with Gasteiger partial charge in [-0.3, -0.25) is 4.79 Å². The van der Waals surface area contributed by atoms with Crippen LogP contribution in [0.5, 0.6) is 0 Å². The molecule has 140 valence electrons. The van der Waals surface area contributed by atoms with Gasteiger partial charge < -0.3 is 15.8 Å². The largest absolute Gasteiger partial charge is 0.385 e. The van der Waals surface area contributed by atoms with Gasteiger partial charge in [-0.25, -0.2) is 0 Å². The summed E-state index contributed by atoms with van der Waals surface area (Å²) in [6, 6.07) is 16.1. The second-order valence-electron chi connectivity index (χ2n) is 6.57. The van der Waals surface area contributed by atoms with E-state index < -0.39 is 0 Å². The first-order chi connectivity index (χ1) is 12.7. The van der Waals surface area contributed by atoms with Gasteiger partial charge in [-0.15, -0.1) is 0 Å². The quantitative estimate of drug-likeness (QED) is 0.440. The molecule has 0 aliphatic carbocycles. The number of ether oxygens (including phenoxy) is 1. The summed E-state index contributed by atoms with van der Waals surface area (Å²) in [5.74, 6) is 0.0990. The van der Waals surface area contributed by atoms with E-state index in [1.165, 1.54) is 11.1 Å². The van der Waals surface area contributed by atoms with E-state index in [1.54, 1.807) is 0 Å². The van der Waals surface area contributed by atoms with Gasteiger partial charge in [0.15, 0.2) is 5.78 Å². The van der Waals surface area contributed by atoms with Crippen molar-refractivity contribution in [3.05, 3.63) is 65.2 Å². The number of nitrogens with one attached hydrogen (secondary N) is 1. The molecular formula is C22H30N2O2. The molecule has 2 rings (SSSR count). The number of nitrogens with two attached hydrogens (primary N) is 1. The molecule has 4 heteroatoms. The maximum Gasteiger partial charge on any atom is 0.164 e. The number of anilines is 1. The zero-order chi connectivity index (χ0) is 18.6. The van der Waals surface area contributed by atoms with Gasteiger partial charge in [0.05, 0.1) is 6.61 Å². The highest BCUT2D eigenvalue weighted by atomic mass is 16.5. The highest BCUT2D eigenvalue weighted by Gasteiger charge is 2.04. The first-order valence-electron chi connectivity index (χ1n) is 9.39. The molecule has 2 aromatic carbocycles. The molecule has 26 heavy (non-hydrogen) atoms. The fourth-order valence-corrected chi connectivity index (χ4v) is 2.69. The van der Waals surface area contributed by atoms with Crippen molar-refractivity contribution in [2.45, 2.75) is 39.2 Å². The Kier molecular flexibility index (Phi) is 8.87. The van der Waals surface area contributed by atoms with Gasteiger partial charge in [-0.05, 0) is 50.4 Å². The predicted molar refractivity (Wildman–Crippen MR) is 108 cm³/mol. The summed E-state index contributed by atoms with van der Waals surface area (Å²) in [6.45, 7) is 4.85. The van der Waals surface area contributed by atoms with Crippen molar-refractivity contribution >= 4 is 11.5 Å². The van der Waals surface area contributed by atoms with Crippen LogP contribution in [0, 0.1) is 6.92 Å². The van der Waals surface area contributed by atoms with Gasteiger partial charge in [-0.1, -0.05) is 42.0 Å². The summed E-state index contributed by atoms with van der Waals surface area (Å²) in [6.07, 6.45) is 3.65. The third kappa shape index (κ3) is 7.38. The highest BCUT2D eigenvalue weighted by molar-refractivity contribution is 5.97. The zero-order valence-corrected chi connectivity index (χ0v) is 15.7. The lowest BCUT2D eigenvalue weighted by Gasteiger charge is -2.08. The Morgan fingerprint density at radius 2 is 1.88 bits per heavy atom. The molecule has 3 N–H and O–H groups in total. The minimum Gasteiger partial charge on any atom is -0.385 e. The lowest BCUT2D eigenvalue weighted by Crippen LogP contribution is -2.09. The smallest absolute Gasteiger partial charge is 0.164 e. The molecule has 0 aromatic heterocycles. The Labute approximate surface area is 156 Å². The molecule has 0 heterocycles. The molecule has 0 spiro atoms. The number of unbranched alkanes of at least 4 members (excludes halogenated alkanes) is 2. The molecule has 0 saturated heterocycles. The fraction of sp³-hybridized carbons (Fsp3) is 0.409. The molecular weight excluding hydrogens is 324 g/mol. The van der Waals surface area contributed by atoms with E-state index in [9.17, 15) is 4.79 Å². The standard InChI is InChI=1S/C22H30N2O2/c1-18-8-10-19(11-9-18)17-26-15-4-2-3-14-24-21-7-5-6-20(16-21)22(25)12-13-23/h5-11,16,24H,2-4,12-15,17,23H2,1H3. The van der Waals surface area contributed by atoms with Crippen LogP contribution in [-0.2, 0) is 11.3 Å². The van der Waals surface area contributed by atoms with E-state index >= 15 is 0 Å². The Bertz CT molecular complexity index is 668. The second kappa shape index (κ2) is 11.4. The molecule has 0 fully saturated rings. The van der Waals surface area contributed by atoms with Crippen LogP contribution >= 0.6 is 0 Å². The number of rotatable bonds is 12. The third-order valence-electron chi connectivity index (χ3n) is 4.24. The average Bonchev–Trinajstić information content (AvgIpc) is 2.66. The van der Waals surface area contributed by atoms with Crippen molar-refractivity contribution in [1.29, 1.82) is 0 Å². The van der Waals surface area contributed by atoms with Crippen LogP contribution < -0.4 is 11.1 Å². The Morgan fingerprint density at radius 1 is 1.08 bits per heavy atom. The second-order valence-corrected chi connectivity index (χ2v) is 6.57. The number of ketones is 1. The highest BCUT2D eigenvalue weighted by Crippen LogP contribution is 2.13. The van der Waals surface area contributed by atoms with Gasteiger partial charge in [0.2, 0.25) is 0 Å². The molecule has 0 amide bonds. The summed E-state index contributed by atoms with van der Waals surface area (Å²) >= 11 is 0. The normalized spacial score (nSPS) is 10.7. The molecule has 0 aliphatic rings. The van der Waals surface area contributed by atoms with E-state index in [1.807, 2.05) is 24.3 Å². The zero-order valence-electron chi connectivity index (χ0n) is 15.7. The minimum absolute atomic E-state index is 0.0990. The van der Waals surface area contributed by atoms with Crippen LogP contribution in [0.4, 0.5) is 5.69 Å². The Balaban J connectivity index is 1.55. The fourth-order valence-electron chi connectivity index (χ4n) is 2.69. The van der Waals surface area contributed by atoms with Crippen LogP contribution in [0.2, 0.25) is 0 Å². The molecule has 0 atom stereocenters. The lowest BCUT2D eigenvalue weighted by molar-refractivity contribution is 0.0985. The number of hydrogen-bond donors (Lipinski definition) is 2. The Hall–Kier alpha value is -2.17. The number of aryl methyl sites for hydroxylation is 1. The maximum atomic E-state index is 11.9. The molecule has 0 radical (unpaired) electrons. The van der Waals surface area contributed by atoms with Crippen molar-refractivity contribution in [3.8, 4) is 0 Å². The maximum absolute atomic E-state index is 11.9. The number of benzene rings is 2. The van der Waals surface area contributed by atoms with E-state index in [4.69, 9.17) is 10.5 Å². The van der Waals surface area contributed by atoms with Crippen molar-refractivity contribution in [2.75, 3.05) is 25.0 Å². The summed E-state index contributed by atoms with van der Waals surface area (Å²) in [4.78, 5) is 11.9. The molecule has 0 saturated carbocycles. The first-order valence-corrected chi connectivity index (χ1v) is 9.39. The minimum atomic E-state index is 0.0990. The lowest BCUT2D eigenvalue weighted by atomic mass is 10.1. The van der Waals surface area contributed by atoms with Gasteiger partial charge in [0.1, 0.15) is 0 Å². The third-order valence-corrected chi connectivity index (χ3v) is 4.24. The molecule has 0 unspecified atom stereocenters. The Morgan fingerprint density at radius 3 is 2.65 bits per heavy atom. The van der Waals surface area contributed by atoms with E-state index in [2.05, 4.69) is 36.5 Å². The van der Waals surface area contributed by atoms with Crippen LogP contribution in [0.3, 0.4) is 0 Å². The van der Waals surface area contributed by atoms with Gasteiger partial charge in [0.25, 0.3) is 0 Å². The van der Waals surface area contributed by atoms with Gasteiger partial charge >= 0.3 is 0 Å². The molecule has 4 nitrogen and oxygen atoms in total. The summed E-state index contributed by atoms with van der Waals surface area (Å²) in [7, 11) is 0. The van der Waals surface area contributed by atoms with E-state index in [0.29, 0.717) is 19.6 Å². The SMILES string of the molecule is Cc1ccc(COCCCCCNc2cccc(C(=O)CCN)c2)cc1. The summed E-state index contributed by atoms with van der Waals surface area (Å²) in [5, 5.41) is 3.38. The predicted octanol–water partition coefficient (Wildman–Crippen LogP) is 4.33. The molecule has 2 aromatic rings. The number of carbonyl (C=O) groups excluding carboxylic acids is 1. The topological polar surface area (TPSA) is 64.3 Å². The van der Waals surface area contributed by atoms with E-state index in [0.717, 1.165) is 43.7 Å². The average molecular weight is 354 g/mol. The molecule has 0 aliphatic heterocycles.